The Labute approximate surface area is 96.5 Å². The molecule has 2 heterocycles. The first-order chi connectivity index (χ1) is 7.50. The van der Waals surface area contributed by atoms with Gasteiger partial charge in [-0.3, -0.25) is 4.40 Å². The van der Waals surface area contributed by atoms with Gasteiger partial charge in [0.2, 0.25) is 0 Å². The number of hydrogen-bond donors (Lipinski definition) is 2. The molecule has 0 aliphatic rings. The average Bonchev–Trinajstić information content (AvgIpc) is 2.55. The van der Waals surface area contributed by atoms with Crippen LogP contribution in [-0.4, -0.2) is 20.5 Å². The fourth-order valence-electron chi connectivity index (χ4n) is 1.45. The number of aliphatic hydroxyl groups excluding tert-OH is 1. The monoisotopic (exact) mass is 243 g/mol. The predicted octanol–water partition coefficient (Wildman–Crippen LogP) is 1.51. The van der Waals surface area contributed by atoms with Crippen molar-refractivity contribution in [3.05, 3.63) is 35.0 Å². The van der Waals surface area contributed by atoms with Crippen molar-refractivity contribution in [1.82, 2.24) is 9.38 Å². The summed E-state index contributed by atoms with van der Waals surface area (Å²) in [5, 5.41) is 9.95. The number of halogens is 2. The van der Waals surface area contributed by atoms with Gasteiger partial charge < -0.3 is 10.8 Å². The molecular weight excluding hydrogens is 233 g/mol. The number of rotatable bonds is 2. The summed E-state index contributed by atoms with van der Waals surface area (Å²) in [6.07, 6.45) is 0.248. The van der Waals surface area contributed by atoms with Crippen LogP contribution in [0.4, 0.5) is 4.39 Å². The van der Waals surface area contributed by atoms with E-state index in [4.69, 9.17) is 17.3 Å². The zero-order valence-electron chi connectivity index (χ0n) is 8.56. The molecule has 6 heteroatoms. The lowest BCUT2D eigenvalue weighted by Crippen LogP contribution is -2.24. The van der Waals surface area contributed by atoms with Crippen molar-refractivity contribution in [2.24, 2.45) is 5.73 Å². The molecule has 0 aliphatic carbocycles. The maximum Gasteiger partial charge on any atom is 0.139 e. The number of aliphatic hydroxyl groups is 1. The molecule has 0 aromatic carbocycles. The molecule has 0 bridgehead atoms. The Kier molecular flexibility index (Phi) is 2.84. The van der Waals surface area contributed by atoms with Gasteiger partial charge in [0.05, 0.1) is 0 Å². The van der Waals surface area contributed by atoms with Crippen LogP contribution in [0, 0.1) is 5.82 Å². The minimum absolute atomic E-state index is 0.180. The highest BCUT2D eigenvalue weighted by atomic mass is 35.5. The van der Waals surface area contributed by atoms with Crippen molar-refractivity contribution < 1.29 is 9.50 Å². The lowest BCUT2D eigenvalue weighted by molar-refractivity contribution is 0.149. The van der Waals surface area contributed by atoms with Gasteiger partial charge >= 0.3 is 0 Å². The molecule has 2 aromatic heterocycles. The Morgan fingerprint density at radius 2 is 2.25 bits per heavy atom. The largest absolute Gasteiger partial charge is 0.385 e. The molecule has 2 rings (SSSR count). The summed E-state index contributed by atoms with van der Waals surface area (Å²) in [5.74, 6) is -0.423. The van der Waals surface area contributed by atoms with Crippen molar-refractivity contribution in [3.8, 4) is 0 Å². The van der Waals surface area contributed by atoms with Gasteiger partial charge in [0.1, 0.15) is 28.4 Å². The molecule has 2 aromatic rings. The third-order valence-corrected chi connectivity index (χ3v) is 2.70. The van der Waals surface area contributed by atoms with E-state index in [0.29, 0.717) is 5.65 Å². The fraction of sp³-hybridized carbons (Fsp3) is 0.300. The first-order valence-electron chi connectivity index (χ1n) is 4.77. The zero-order chi connectivity index (χ0) is 11.9. The first-order valence-corrected chi connectivity index (χ1v) is 5.15. The van der Waals surface area contributed by atoms with Crippen molar-refractivity contribution in [2.45, 2.75) is 19.1 Å². The van der Waals surface area contributed by atoms with E-state index < -0.39 is 18.0 Å². The highest BCUT2D eigenvalue weighted by molar-refractivity contribution is 6.30. The van der Waals surface area contributed by atoms with E-state index in [1.807, 2.05) is 0 Å². The molecule has 3 N–H and O–H groups in total. The lowest BCUT2D eigenvalue weighted by Gasteiger charge is -2.11. The summed E-state index contributed by atoms with van der Waals surface area (Å²) >= 11 is 5.99. The van der Waals surface area contributed by atoms with E-state index in [2.05, 4.69) is 4.98 Å². The summed E-state index contributed by atoms with van der Waals surface area (Å²) in [6, 6.07) is 2.27. The van der Waals surface area contributed by atoms with Gasteiger partial charge in [-0.15, -0.1) is 0 Å². The van der Waals surface area contributed by atoms with Crippen LogP contribution in [0.2, 0.25) is 5.15 Å². The van der Waals surface area contributed by atoms with E-state index in [1.165, 1.54) is 22.7 Å². The van der Waals surface area contributed by atoms with Crippen LogP contribution in [0.3, 0.4) is 0 Å². The van der Waals surface area contributed by atoms with E-state index in [9.17, 15) is 9.50 Å². The molecule has 2 unspecified atom stereocenters. The summed E-state index contributed by atoms with van der Waals surface area (Å²) in [6.45, 7) is 1.64. The Bertz CT molecular complexity index is 526. The van der Waals surface area contributed by atoms with E-state index in [0.717, 1.165) is 0 Å². The number of nitrogens with two attached hydrogens (primary N) is 1. The molecule has 16 heavy (non-hydrogen) atoms. The molecule has 0 saturated heterocycles. The van der Waals surface area contributed by atoms with Crippen molar-refractivity contribution in [3.63, 3.8) is 0 Å². The number of hydrogen-bond acceptors (Lipinski definition) is 3. The second kappa shape index (κ2) is 4.01. The summed E-state index contributed by atoms with van der Waals surface area (Å²) < 4.78 is 14.4. The Morgan fingerprint density at radius 1 is 1.56 bits per heavy atom. The van der Waals surface area contributed by atoms with E-state index >= 15 is 0 Å². The molecule has 0 aliphatic heterocycles. The summed E-state index contributed by atoms with van der Waals surface area (Å²) in [4.78, 5) is 4.11. The third kappa shape index (κ3) is 1.77. The molecule has 0 fully saturated rings. The van der Waals surface area contributed by atoms with E-state index in [-0.39, 0.29) is 10.8 Å². The maximum atomic E-state index is 13.0. The van der Waals surface area contributed by atoms with Crippen LogP contribution >= 0.6 is 11.6 Å². The molecule has 2 atom stereocenters. The molecule has 4 nitrogen and oxygen atoms in total. The van der Waals surface area contributed by atoms with Crippen molar-refractivity contribution in [2.75, 3.05) is 0 Å². The second-order valence-electron chi connectivity index (χ2n) is 3.67. The van der Waals surface area contributed by atoms with Crippen LogP contribution in [0.1, 0.15) is 18.7 Å². The van der Waals surface area contributed by atoms with Gasteiger partial charge in [0.15, 0.2) is 0 Å². The minimum atomic E-state index is -0.963. The molecule has 0 saturated carbocycles. The summed E-state index contributed by atoms with van der Waals surface area (Å²) in [5.41, 5.74) is 6.30. The van der Waals surface area contributed by atoms with Crippen LogP contribution in [-0.2, 0) is 0 Å². The number of imidazole rings is 1. The molecule has 0 radical (unpaired) electrons. The van der Waals surface area contributed by atoms with E-state index in [1.54, 1.807) is 6.92 Å². The number of nitrogens with zero attached hydrogens (tertiary/aromatic N) is 2. The molecule has 86 valence electrons. The van der Waals surface area contributed by atoms with Gasteiger partial charge in [-0.2, -0.15) is 0 Å². The van der Waals surface area contributed by atoms with Crippen LogP contribution < -0.4 is 5.73 Å². The van der Waals surface area contributed by atoms with Crippen LogP contribution in [0.5, 0.6) is 0 Å². The smallest absolute Gasteiger partial charge is 0.139 e. The SMILES string of the molecule is CC(N)C(O)c1nc2ccc(F)cn2c1Cl. The first kappa shape index (κ1) is 11.3. The van der Waals surface area contributed by atoms with Gasteiger partial charge in [0.25, 0.3) is 0 Å². The summed E-state index contributed by atoms with van der Waals surface area (Å²) in [7, 11) is 0. The normalized spacial score (nSPS) is 15.3. The van der Waals surface area contributed by atoms with Crippen LogP contribution in [0.15, 0.2) is 18.3 Å². The maximum absolute atomic E-state index is 13.0. The standard InChI is InChI=1S/C10H11ClFN3O/c1-5(13)9(16)8-10(11)15-4-6(12)2-3-7(15)14-8/h2-5,9,16H,13H2,1H3. The molecule has 0 spiro atoms. The van der Waals surface area contributed by atoms with Gasteiger partial charge in [-0.1, -0.05) is 11.6 Å². The Morgan fingerprint density at radius 3 is 2.88 bits per heavy atom. The van der Waals surface area contributed by atoms with Gasteiger partial charge in [-0.25, -0.2) is 9.37 Å². The van der Waals surface area contributed by atoms with Crippen molar-refractivity contribution >= 4 is 17.2 Å². The number of aromatic nitrogens is 2. The minimum Gasteiger partial charge on any atom is -0.385 e. The zero-order valence-corrected chi connectivity index (χ0v) is 9.32. The van der Waals surface area contributed by atoms with Crippen LogP contribution in [0.25, 0.3) is 5.65 Å². The quantitative estimate of drug-likeness (QED) is 0.840. The molecule has 0 amide bonds. The highest BCUT2D eigenvalue weighted by Crippen LogP contribution is 2.25. The third-order valence-electron chi connectivity index (χ3n) is 2.33. The number of pyridine rings is 1. The van der Waals surface area contributed by atoms with Crippen molar-refractivity contribution in [1.29, 1.82) is 0 Å². The molecular formula is C10H11ClFN3O. The van der Waals surface area contributed by atoms with Gasteiger partial charge in [-0.05, 0) is 19.1 Å². The topological polar surface area (TPSA) is 63.5 Å². The average molecular weight is 244 g/mol. The second-order valence-corrected chi connectivity index (χ2v) is 4.03. The Balaban J connectivity index is 2.60. The van der Waals surface area contributed by atoms with Gasteiger partial charge in [0, 0.05) is 12.2 Å². The predicted molar refractivity (Wildman–Crippen MR) is 58.8 cm³/mol. The lowest BCUT2D eigenvalue weighted by atomic mass is 10.1. The number of fused-ring (bicyclic) bond motifs is 1. The highest BCUT2D eigenvalue weighted by Gasteiger charge is 2.21. The fourth-order valence-corrected chi connectivity index (χ4v) is 1.73. The Hall–Kier alpha value is -1.17.